The molecule has 3 aliphatic rings. The van der Waals surface area contributed by atoms with Crippen LogP contribution < -0.4 is 5.32 Å². The molecule has 0 aromatic carbocycles. The first-order chi connectivity index (χ1) is 8.77. The van der Waals surface area contributed by atoms with Gasteiger partial charge >= 0.3 is 0 Å². The summed E-state index contributed by atoms with van der Waals surface area (Å²) < 4.78 is 0. The molecule has 2 heteroatoms. The van der Waals surface area contributed by atoms with Crippen LogP contribution in [0.2, 0.25) is 0 Å². The van der Waals surface area contributed by atoms with Gasteiger partial charge in [-0.15, -0.1) is 0 Å². The Bertz CT molecular complexity index is 264. The molecule has 18 heavy (non-hydrogen) atoms. The van der Waals surface area contributed by atoms with Crippen LogP contribution in [0.15, 0.2) is 0 Å². The normalized spacial score (nSPS) is 34.2. The van der Waals surface area contributed by atoms with Gasteiger partial charge in [0.1, 0.15) is 0 Å². The summed E-state index contributed by atoms with van der Waals surface area (Å²) in [6, 6.07) is 0.748. The molecule has 1 aliphatic heterocycles. The Kier molecular flexibility index (Phi) is 3.95. The molecular weight excluding hydrogens is 220 g/mol. The largest absolute Gasteiger partial charge is 0.308 e. The van der Waals surface area contributed by atoms with Crippen LogP contribution in [0.4, 0.5) is 0 Å². The van der Waals surface area contributed by atoms with Crippen LogP contribution in [0.3, 0.4) is 0 Å². The van der Waals surface area contributed by atoms with E-state index in [9.17, 15) is 0 Å². The van der Waals surface area contributed by atoms with Gasteiger partial charge in [0.05, 0.1) is 0 Å². The van der Waals surface area contributed by atoms with Gasteiger partial charge in [0.15, 0.2) is 0 Å². The third-order valence-electron chi connectivity index (χ3n) is 5.68. The Balaban J connectivity index is 1.60. The SMILES string of the molecule is CC1CNC2(CCCCC2)CN1CC1CCCC1. The second-order valence-electron chi connectivity index (χ2n) is 7.15. The highest BCUT2D eigenvalue weighted by Crippen LogP contribution is 2.33. The summed E-state index contributed by atoms with van der Waals surface area (Å²) in [6.07, 6.45) is 13.1. The fourth-order valence-corrected chi connectivity index (χ4v) is 4.43. The highest BCUT2D eigenvalue weighted by atomic mass is 15.3. The van der Waals surface area contributed by atoms with E-state index in [4.69, 9.17) is 0 Å². The highest BCUT2D eigenvalue weighted by Gasteiger charge is 2.39. The predicted octanol–water partition coefficient (Wildman–Crippen LogP) is 3.17. The van der Waals surface area contributed by atoms with Gasteiger partial charge in [0.2, 0.25) is 0 Å². The number of hydrogen-bond donors (Lipinski definition) is 1. The van der Waals surface area contributed by atoms with Crippen molar-refractivity contribution in [2.45, 2.75) is 76.3 Å². The first-order valence-corrected chi connectivity index (χ1v) is 8.27. The molecule has 2 saturated carbocycles. The van der Waals surface area contributed by atoms with Crippen molar-refractivity contribution in [3.05, 3.63) is 0 Å². The summed E-state index contributed by atoms with van der Waals surface area (Å²) in [4.78, 5) is 2.82. The average Bonchev–Trinajstić information content (AvgIpc) is 2.88. The van der Waals surface area contributed by atoms with Crippen molar-refractivity contribution < 1.29 is 0 Å². The molecule has 1 N–H and O–H groups in total. The van der Waals surface area contributed by atoms with Gasteiger partial charge in [-0.25, -0.2) is 0 Å². The second-order valence-corrected chi connectivity index (χ2v) is 7.15. The van der Waals surface area contributed by atoms with E-state index < -0.39 is 0 Å². The van der Waals surface area contributed by atoms with Gasteiger partial charge in [-0.3, -0.25) is 4.90 Å². The van der Waals surface area contributed by atoms with Gasteiger partial charge < -0.3 is 5.32 Å². The topological polar surface area (TPSA) is 15.3 Å². The Morgan fingerprint density at radius 1 is 1.06 bits per heavy atom. The van der Waals surface area contributed by atoms with E-state index in [1.807, 2.05) is 0 Å². The van der Waals surface area contributed by atoms with Crippen molar-refractivity contribution in [3.8, 4) is 0 Å². The van der Waals surface area contributed by atoms with Crippen molar-refractivity contribution >= 4 is 0 Å². The lowest BCUT2D eigenvalue weighted by molar-refractivity contribution is 0.0518. The molecule has 1 spiro atoms. The maximum Gasteiger partial charge on any atom is 0.0309 e. The van der Waals surface area contributed by atoms with Gasteiger partial charge in [0, 0.05) is 31.2 Å². The van der Waals surface area contributed by atoms with E-state index in [1.165, 1.54) is 77.4 Å². The van der Waals surface area contributed by atoms with Crippen LogP contribution >= 0.6 is 0 Å². The number of hydrogen-bond acceptors (Lipinski definition) is 2. The van der Waals surface area contributed by atoms with Crippen molar-refractivity contribution in [3.63, 3.8) is 0 Å². The molecule has 3 fully saturated rings. The minimum Gasteiger partial charge on any atom is -0.308 e. The number of nitrogens with one attached hydrogen (secondary N) is 1. The molecule has 1 unspecified atom stereocenters. The minimum absolute atomic E-state index is 0.489. The third kappa shape index (κ3) is 2.75. The second kappa shape index (κ2) is 5.50. The van der Waals surface area contributed by atoms with E-state index in [2.05, 4.69) is 17.1 Å². The minimum atomic E-state index is 0.489. The van der Waals surface area contributed by atoms with E-state index in [1.54, 1.807) is 0 Å². The lowest BCUT2D eigenvalue weighted by Gasteiger charge is -2.49. The van der Waals surface area contributed by atoms with Crippen LogP contribution in [0.5, 0.6) is 0 Å². The van der Waals surface area contributed by atoms with Crippen molar-refractivity contribution in [2.75, 3.05) is 19.6 Å². The molecule has 2 aliphatic carbocycles. The van der Waals surface area contributed by atoms with Crippen molar-refractivity contribution in [1.29, 1.82) is 0 Å². The van der Waals surface area contributed by atoms with Crippen LogP contribution in [-0.2, 0) is 0 Å². The lowest BCUT2D eigenvalue weighted by atomic mass is 9.79. The standard InChI is InChI=1S/C16H30N2/c1-14-11-17-16(9-5-2-6-10-16)13-18(14)12-15-7-3-4-8-15/h14-15,17H,2-13H2,1H3. The fourth-order valence-electron chi connectivity index (χ4n) is 4.43. The summed E-state index contributed by atoms with van der Waals surface area (Å²) in [6.45, 7) is 6.33. The summed E-state index contributed by atoms with van der Waals surface area (Å²) in [5.41, 5.74) is 0.489. The van der Waals surface area contributed by atoms with Crippen molar-refractivity contribution in [1.82, 2.24) is 10.2 Å². The van der Waals surface area contributed by atoms with E-state index in [0.717, 1.165) is 12.0 Å². The summed E-state index contributed by atoms with van der Waals surface area (Å²) >= 11 is 0. The molecule has 0 radical (unpaired) electrons. The first-order valence-electron chi connectivity index (χ1n) is 8.27. The molecule has 1 atom stereocenters. The van der Waals surface area contributed by atoms with E-state index in [-0.39, 0.29) is 0 Å². The van der Waals surface area contributed by atoms with Gasteiger partial charge in [0.25, 0.3) is 0 Å². The number of piperazine rings is 1. The number of nitrogens with zero attached hydrogens (tertiary/aromatic N) is 1. The molecule has 0 aromatic heterocycles. The molecule has 3 rings (SSSR count). The molecule has 0 aromatic rings. The number of rotatable bonds is 2. The molecule has 0 amide bonds. The maximum absolute atomic E-state index is 3.90. The third-order valence-corrected chi connectivity index (χ3v) is 5.68. The maximum atomic E-state index is 3.90. The molecular formula is C16H30N2. The highest BCUT2D eigenvalue weighted by molar-refractivity contribution is 4.99. The van der Waals surface area contributed by atoms with Crippen molar-refractivity contribution in [2.24, 2.45) is 5.92 Å². The summed E-state index contributed by atoms with van der Waals surface area (Å²) in [5, 5.41) is 3.90. The Morgan fingerprint density at radius 3 is 2.50 bits per heavy atom. The van der Waals surface area contributed by atoms with Crippen LogP contribution in [0, 0.1) is 5.92 Å². The Morgan fingerprint density at radius 2 is 1.78 bits per heavy atom. The van der Waals surface area contributed by atoms with E-state index in [0.29, 0.717) is 5.54 Å². The fraction of sp³-hybridized carbons (Fsp3) is 1.00. The zero-order valence-corrected chi connectivity index (χ0v) is 12.1. The molecule has 1 saturated heterocycles. The Labute approximate surface area is 113 Å². The van der Waals surface area contributed by atoms with Gasteiger partial charge in [-0.05, 0) is 38.5 Å². The smallest absolute Gasteiger partial charge is 0.0309 e. The average molecular weight is 250 g/mol. The van der Waals surface area contributed by atoms with Crippen LogP contribution in [0.1, 0.15) is 64.7 Å². The van der Waals surface area contributed by atoms with Gasteiger partial charge in [-0.2, -0.15) is 0 Å². The molecule has 104 valence electrons. The Hall–Kier alpha value is -0.0800. The summed E-state index contributed by atoms with van der Waals surface area (Å²) in [5.74, 6) is 1.01. The molecule has 2 nitrogen and oxygen atoms in total. The van der Waals surface area contributed by atoms with Crippen LogP contribution in [0.25, 0.3) is 0 Å². The summed E-state index contributed by atoms with van der Waals surface area (Å²) in [7, 11) is 0. The zero-order chi connectivity index (χ0) is 12.4. The lowest BCUT2D eigenvalue weighted by Crippen LogP contribution is -2.64. The monoisotopic (exact) mass is 250 g/mol. The van der Waals surface area contributed by atoms with E-state index >= 15 is 0 Å². The molecule has 0 bridgehead atoms. The van der Waals surface area contributed by atoms with Crippen LogP contribution in [-0.4, -0.2) is 36.1 Å². The predicted molar refractivity (Wildman–Crippen MR) is 76.8 cm³/mol. The quantitative estimate of drug-likeness (QED) is 0.810. The molecule has 1 heterocycles. The van der Waals surface area contributed by atoms with Gasteiger partial charge in [-0.1, -0.05) is 32.1 Å². The first kappa shape index (κ1) is 12.9. The zero-order valence-electron chi connectivity index (χ0n) is 12.1.